The Kier molecular flexibility index (Phi) is 4.38. The molecule has 0 atom stereocenters. The van der Waals surface area contributed by atoms with Crippen molar-refractivity contribution in [2.24, 2.45) is 4.99 Å². The number of nitrogens with zero attached hydrogens (tertiary/aromatic N) is 1. The fourth-order valence-electron chi connectivity index (χ4n) is 3.07. The summed E-state index contributed by atoms with van der Waals surface area (Å²) in [5.41, 5.74) is 4.85. The quantitative estimate of drug-likeness (QED) is 0.401. The van der Waals surface area contributed by atoms with Crippen molar-refractivity contribution < 1.29 is 0 Å². The first-order valence-electron chi connectivity index (χ1n) is 8.52. The first kappa shape index (κ1) is 15.3. The second-order valence-electron chi connectivity index (χ2n) is 6.10. The molecule has 4 rings (SSSR count). The van der Waals surface area contributed by atoms with E-state index in [0.29, 0.717) is 6.54 Å². The Morgan fingerprint density at radius 1 is 0.600 bits per heavy atom. The molecule has 1 heteroatoms. The maximum Gasteiger partial charge on any atom is 0.0645 e. The van der Waals surface area contributed by atoms with Crippen LogP contribution in [0.5, 0.6) is 0 Å². The van der Waals surface area contributed by atoms with Crippen LogP contribution in [0.25, 0.3) is 21.9 Å². The van der Waals surface area contributed by atoms with Gasteiger partial charge in [-0.15, -0.1) is 0 Å². The average molecular weight is 321 g/mol. The number of hydrogen-bond acceptors (Lipinski definition) is 1. The SMILES string of the molecule is C(=NCc1cccc2ccccc12)c1ccc(-c2ccccc2)cc1. The van der Waals surface area contributed by atoms with E-state index in [9.17, 15) is 0 Å². The summed E-state index contributed by atoms with van der Waals surface area (Å²) in [7, 11) is 0. The number of rotatable bonds is 4. The third-order valence-electron chi connectivity index (χ3n) is 4.40. The van der Waals surface area contributed by atoms with Crippen molar-refractivity contribution in [3.8, 4) is 11.1 Å². The summed E-state index contributed by atoms with van der Waals surface area (Å²) >= 11 is 0. The van der Waals surface area contributed by atoms with Crippen molar-refractivity contribution in [1.29, 1.82) is 0 Å². The Morgan fingerprint density at radius 3 is 2.12 bits per heavy atom. The van der Waals surface area contributed by atoms with Crippen molar-refractivity contribution in [1.82, 2.24) is 0 Å². The summed E-state index contributed by atoms with van der Waals surface area (Å²) in [6, 6.07) is 33.8. The number of benzene rings is 4. The highest BCUT2D eigenvalue weighted by Crippen LogP contribution is 2.20. The van der Waals surface area contributed by atoms with E-state index >= 15 is 0 Å². The lowest BCUT2D eigenvalue weighted by atomic mass is 10.0. The molecule has 0 aliphatic rings. The van der Waals surface area contributed by atoms with Crippen LogP contribution in [-0.4, -0.2) is 6.21 Å². The predicted molar refractivity (Wildman–Crippen MR) is 107 cm³/mol. The Hall–Kier alpha value is -3.19. The van der Waals surface area contributed by atoms with E-state index in [-0.39, 0.29) is 0 Å². The van der Waals surface area contributed by atoms with Gasteiger partial charge in [-0.25, -0.2) is 0 Å². The van der Waals surface area contributed by atoms with Gasteiger partial charge >= 0.3 is 0 Å². The molecule has 0 aliphatic carbocycles. The van der Waals surface area contributed by atoms with E-state index in [0.717, 1.165) is 5.56 Å². The van der Waals surface area contributed by atoms with Gasteiger partial charge in [-0.2, -0.15) is 0 Å². The summed E-state index contributed by atoms with van der Waals surface area (Å²) in [4.78, 5) is 4.64. The molecular weight excluding hydrogens is 302 g/mol. The van der Waals surface area contributed by atoms with Crippen LogP contribution in [0, 0.1) is 0 Å². The lowest BCUT2D eigenvalue weighted by Gasteiger charge is -2.04. The summed E-state index contributed by atoms with van der Waals surface area (Å²) in [6.07, 6.45) is 1.95. The molecule has 25 heavy (non-hydrogen) atoms. The molecule has 0 unspecified atom stereocenters. The van der Waals surface area contributed by atoms with Gasteiger partial charge in [0, 0.05) is 6.21 Å². The molecule has 4 aromatic carbocycles. The minimum atomic E-state index is 0.696. The maximum absolute atomic E-state index is 4.64. The maximum atomic E-state index is 4.64. The van der Waals surface area contributed by atoms with Crippen molar-refractivity contribution in [2.45, 2.75) is 6.54 Å². The van der Waals surface area contributed by atoms with Gasteiger partial charge in [0.1, 0.15) is 0 Å². The van der Waals surface area contributed by atoms with Gasteiger partial charge in [0.2, 0.25) is 0 Å². The van der Waals surface area contributed by atoms with Crippen LogP contribution in [0.4, 0.5) is 0 Å². The van der Waals surface area contributed by atoms with E-state index in [1.54, 1.807) is 0 Å². The standard InChI is InChI=1S/C24H19N/c1-2-7-20(8-3-1)21-15-13-19(14-16-21)17-25-18-23-11-6-10-22-9-4-5-12-24(22)23/h1-17H,18H2. The Bertz CT molecular complexity index is 994. The highest BCUT2D eigenvalue weighted by atomic mass is 14.7. The van der Waals surface area contributed by atoms with Crippen LogP contribution in [0.2, 0.25) is 0 Å². The molecule has 0 fully saturated rings. The summed E-state index contributed by atoms with van der Waals surface area (Å²) in [5.74, 6) is 0. The van der Waals surface area contributed by atoms with Gasteiger partial charge in [-0.3, -0.25) is 4.99 Å². The fourth-order valence-corrected chi connectivity index (χ4v) is 3.07. The molecule has 0 radical (unpaired) electrons. The predicted octanol–water partition coefficient (Wildman–Crippen LogP) is 6.13. The van der Waals surface area contributed by atoms with Crippen molar-refractivity contribution in [2.75, 3.05) is 0 Å². The molecular formula is C24H19N. The Balaban J connectivity index is 1.50. The van der Waals surface area contributed by atoms with Crippen LogP contribution in [-0.2, 0) is 6.54 Å². The summed E-state index contributed by atoms with van der Waals surface area (Å²) in [5, 5.41) is 2.55. The van der Waals surface area contributed by atoms with Crippen molar-refractivity contribution in [3.05, 3.63) is 108 Å². The lowest BCUT2D eigenvalue weighted by molar-refractivity contribution is 1.09. The van der Waals surface area contributed by atoms with Crippen LogP contribution < -0.4 is 0 Å². The van der Waals surface area contributed by atoms with Gasteiger partial charge in [0.15, 0.2) is 0 Å². The monoisotopic (exact) mass is 321 g/mol. The second-order valence-corrected chi connectivity index (χ2v) is 6.10. The lowest BCUT2D eigenvalue weighted by Crippen LogP contribution is -1.87. The van der Waals surface area contributed by atoms with E-state index < -0.39 is 0 Å². The highest BCUT2D eigenvalue weighted by Gasteiger charge is 1.99. The van der Waals surface area contributed by atoms with Crippen molar-refractivity contribution in [3.63, 3.8) is 0 Å². The molecule has 0 bridgehead atoms. The van der Waals surface area contributed by atoms with Crippen LogP contribution in [0.15, 0.2) is 102 Å². The van der Waals surface area contributed by atoms with Crippen molar-refractivity contribution >= 4 is 17.0 Å². The third-order valence-corrected chi connectivity index (χ3v) is 4.40. The van der Waals surface area contributed by atoms with Gasteiger partial charge in [-0.1, -0.05) is 97.1 Å². The van der Waals surface area contributed by atoms with Crippen LogP contribution in [0.3, 0.4) is 0 Å². The van der Waals surface area contributed by atoms with Gasteiger partial charge < -0.3 is 0 Å². The van der Waals surface area contributed by atoms with Gasteiger partial charge in [0.05, 0.1) is 6.54 Å². The summed E-state index contributed by atoms with van der Waals surface area (Å²) < 4.78 is 0. The smallest absolute Gasteiger partial charge is 0.0645 e. The molecule has 1 nitrogen and oxygen atoms in total. The molecule has 0 aliphatic heterocycles. The normalized spacial score (nSPS) is 11.2. The molecule has 120 valence electrons. The average Bonchev–Trinajstić information content (AvgIpc) is 2.69. The number of fused-ring (bicyclic) bond motifs is 1. The zero-order valence-corrected chi connectivity index (χ0v) is 14.0. The minimum Gasteiger partial charge on any atom is -0.288 e. The summed E-state index contributed by atoms with van der Waals surface area (Å²) in [6.45, 7) is 0.696. The van der Waals surface area contributed by atoms with E-state index in [1.165, 1.54) is 27.5 Å². The largest absolute Gasteiger partial charge is 0.288 e. The Morgan fingerprint density at radius 2 is 1.28 bits per heavy atom. The van der Waals surface area contributed by atoms with Gasteiger partial charge in [0.25, 0.3) is 0 Å². The molecule has 0 saturated carbocycles. The zero-order valence-electron chi connectivity index (χ0n) is 14.0. The molecule has 0 aromatic heterocycles. The minimum absolute atomic E-state index is 0.696. The molecule has 0 amide bonds. The van der Waals surface area contributed by atoms with Gasteiger partial charge in [-0.05, 0) is 33.0 Å². The van der Waals surface area contributed by atoms with E-state index in [2.05, 4.69) is 96.0 Å². The highest BCUT2D eigenvalue weighted by molar-refractivity contribution is 5.86. The van der Waals surface area contributed by atoms with Crippen LogP contribution in [0.1, 0.15) is 11.1 Å². The number of hydrogen-bond donors (Lipinski definition) is 0. The topological polar surface area (TPSA) is 12.4 Å². The molecule has 0 N–H and O–H groups in total. The van der Waals surface area contributed by atoms with E-state index in [4.69, 9.17) is 0 Å². The fraction of sp³-hybridized carbons (Fsp3) is 0.0417. The third kappa shape index (κ3) is 3.51. The zero-order chi connectivity index (χ0) is 16.9. The first-order valence-corrected chi connectivity index (χ1v) is 8.52. The number of aliphatic imine (C=N–C) groups is 1. The molecule has 0 heterocycles. The second kappa shape index (κ2) is 7.14. The Labute approximate surface area is 148 Å². The molecule has 0 saturated heterocycles. The van der Waals surface area contributed by atoms with Crippen LogP contribution >= 0.6 is 0 Å². The molecule has 0 spiro atoms. The molecule has 4 aromatic rings. The van der Waals surface area contributed by atoms with E-state index in [1.807, 2.05) is 12.3 Å². The first-order chi connectivity index (χ1) is 12.4.